The monoisotopic (exact) mass is 290 g/mol. The molecule has 4 heteroatoms. The van der Waals surface area contributed by atoms with Crippen molar-refractivity contribution in [2.75, 3.05) is 5.32 Å². The molecule has 116 valence electrons. The van der Waals surface area contributed by atoms with E-state index in [0.717, 1.165) is 43.4 Å². The quantitative estimate of drug-likeness (QED) is 0.799. The van der Waals surface area contributed by atoms with Crippen molar-refractivity contribution >= 4 is 11.8 Å². The van der Waals surface area contributed by atoms with E-state index in [2.05, 4.69) is 31.1 Å². The first kappa shape index (κ1) is 15.8. The van der Waals surface area contributed by atoms with E-state index in [-0.39, 0.29) is 6.04 Å². The molecule has 1 aliphatic carbocycles. The van der Waals surface area contributed by atoms with E-state index in [0.29, 0.717) is 17.3 Å². The fraction of sp³-hybridized carbons (Fsp3) is 0.647. The van der Waals surface area contributed by atoms with Gasteiger partial charge in [0.25, 0.3) is 0 Å². The standard InChI is InChI=1S/C17H26N2O2/c1-11(2)6-4-7-12(3)18-16-14(17(20)21)10-13-8-5-9-15(13)19-16/h10-12H,4-9H2,1-3H3,(H,18,19)(H,20,21). The van der Waals surface area contributed by atoms with Crippen molar-refractivity contribution in [2.24, 2.45) is 5.92 Å². The fourth-order valence-electron chi connectivity index (χ4n) is 2.88. The normalized spacial score (nSPS) is 15.0. The summed E-state index contributed by atoms with van der Waals surface area (Å²) in [5, 5.41) is 12.7. The Labute approximate surface area is 127 Å². The van der Waals surface area contributed by atoms with Gasteiger partial charge >= 0.3 is 5.97 Å². The molecule has 1 unspecified atom stereocenters. The highest BCUT2D eigenvalue weighted by molar-refractivity contribution is 5.93. The first-order chi connectivity index (χ1) is 9.97. The van der Waals surface area contributed by atoms with Gasteiger partial charge in [-0.1, -0.05) is 26.7 Å². The van der Waals surface area contributed by atoms with Gasteiger partial charge in [0.05, 0.1) is 0 Å². The summed E-state index contributed by atoms with van der Waals surface area (Å²) in [4.78, 5) is 16.0. The van der Waals surface area contributed by atoms with Crippen molar-refractivity contribution < 1.29 is 9.90 Å². The first-order valence-electron chi connectivity index (χ1n) is 8.00. The number of rotatable bonds is 7. The van der Waals surface area contributed by atoms with Gasteiger partial charge in [-0.25, -0.2) is 9.78 Å². The highest BCUT2D eigenvalue weighted by Gasteiger charge is 2.20. The zero-order chi connectivity index (χ0) is 15.4. The Morgan fingerprint density at radius 3 is 2.76 bits per heavy atom. The number of carboxylic acids is 1. The second-order valence-electron chi connectivity index (χ2n) is 6.52. The van der Waals surface area contributed by atoms with Crippen LogP contribution < -0.4 is 5.32 Å². The number of nitrogens with one attached hydrogen (secondary N) is 1. The summed E-state index contributed by atoms with van der Waals surface area (Å²) < 4.78 is 0. The number of anilines is 1. The third-order valence-electron chi connectivity index (χ3n) is 4.08. The van der Waals surface area contributed by atoms with E-state index in [9.17, 15) is 9.90 Å². The van der Waals surface area contributed by atoms with Crippen LogP contribution in [0.25, 0.3) is 0 Å². The van der Waals surface area contributed by atoms with Gasteiger partial charge in [0.2, 0.25) is 0 Å². The largest absolute Gasteiger partial charge is 0.478 e. The van der Waals surface area contributed by atoms with Gasteiger partial charge in [-0.05, 0) is 50.2 Å². The molecule has 1 atom stereocenters. The number of aromatic nitrogens is 1. The van der Waals surface area contributed by atoms with E-state index in [1.807, 2.05) is 0 Å². The minimum atomic E-state index is -0.894. The number of carboxylic acid groups (broad SMARTS) is 1. The Morgan fingerprint density at radius 2 is 2.10 bits per heavy atom. The van der Waals surface area contributed by atoms with Gasteiger partial charge in [0, 0.05) is 11.7 Å². The molecule has 4 nitrogen and oxygen atoms in total. The molecule has 1 heterocycles. The summed E-state index contributed by atoms with van der Waals surface area (Å²) in [6.45, 7) is 6.55. The Balaban J connectivity index is 2.06. The summed E-state index contributed by atoms with van der Waals surface area (Å²) in [7, 11) is 0. The molecule has 0 saturated heterocycles. The lowest BCUT2D eigenvalue weighted by Crippen LogP contribution is -2.19. The second-order valence-corrected chi connectivity index (χ2v) is 6.52. The van der Waals surface area contributed by atoms with E-state index < -0.39 is 5.97 Å². The van der Waals surface area contributed by atoms with Gasteiger partial charge in [0.15, 0.2) is 0 Å². The Hall–Kier alpha value is -1.58. The molecule has 0 fully saturated rings. The average Bonchev–Trinajstić information content (AvgIpc) is 2.84. The SMILES string of the molecule is CC(C)CCCC(C)Nc1nc2c(cc1C(=O)O)CCC2. The van der Waals surface area contributed by atoms with E-state index in [4.69, 9.17) is 0 Å². The van der Waals surface area contributed by atoms with Crippen molar-refractivity contribution in [3.05, 3.63) is 22.9 Å². The molecule has 0 saturated carbocycles. The third kappa shape index (κ3) is 4.19. The highest BCUT2D eigenvalue weighted by atomic mass is 16.4. The first-order valence-corrected chi connectivity index (χ1v) is 8.00. The van der Waals surface area contributed by atoms with Crippen molar-refractivity contribution in [1.82, 2.24) is 4.98 Å². The molecule has 0 aromatic carbocycles. The van der Waals surface area contributed by atoms with Crippen LogP contribution in [0.4, 0.5) is 5.82 Å². The minimum Gasteiger partial charge on any atom is -0.478 e. The van der Waals surface area contributed by atoms with Crippen molar-refractivity contribution in [3.63, 3.8) is 0 Å². The van der Waals surface area contributed by atoms with Crippen LogP contribution in [0.15, 0.2) is 6.07 Å². The average molecular weight is 290 g/mol. The Bertz CT molecular complexity index is 512. The van der Waals surface area contributed by atoms with Gasteiger partial charge < -0.3 is 10.4 Å². The molecule has 0 aliphatic heterocycles. The molecule has 2 N–H and O–H groups in total. The summed E-state index contributed by atoms with van der Waals surface area (Å²) in [5.74, 6) is 0.360. The van der Waals surface area contributed by atoms with Gasteiger partial charge in [0.1, 0.15) is 11.4 Å². The number of aromatic carboxylic acids is 1. The lowest BCUT2D eigenvalue weighted by atomic mass is 10.0. The molecule has 0 spiro atoms. The molecule has 0 amide bonds. The van der Waals surface area contributed by atoms with E-state index >= 15 is 0 Å². The predicted octanol–water partition coefficient (Wildman–Crippen LogP) is 3.90. The molecule has 0 bridgehead atoms. The Kier molecular flexibility index (Phi) is 5.21. The molecule has 1 aromatic heterocycles. The number of fused-ring (bicyclic) bond motifs is 1. The fourth-order valence-corrected chi connectivity index (χ4v) is 2.88. The molecule has 0 radical (unpaired) electrons. The summed E-state index contributed by atoms with van der Waals surface area (Å²) >= 11 is 0. The predicted molar refractivity (Wildman–Crippen MR) is 85.0 cm³/mol. The summed E-state index contributed by atoms with van der Waals surface area (Å²) in [6, 6.07) is 2.05. The number of aryl methyl sites for hydroxylation is 2. The van der Waals surface area contributed by atoms with Crippen molar-refractivity contribution in [3.8, 4) is 0 Å². The maximum Gasteiger partial charge on any atom is 0.339 e. The van der Waals surface area contributed by atoms with Crippen LogP contribution in [0.2, 0.25) is 0 Å². The Morgan fingerprint density at radius 1 is 1.33 bits per heavy atom. The van der Waals surface area contributed by atoms with Gasteiger partial charge in [-0.3, -0.25) is 0 Å². The zero-order valence-electron chi connectivity index (χ0n) is 13.3. The van der Waals surface area contributed by atoms with E-state index in [1.54, 1.807) is 6.07 Å². The van der Waals surface area contributed by atoms with Crippen LogP contribution in [0.5, 0.6) is 0 Å². The van der Waals surface area contributed by atoms with Crippen LogP contribution in [0.3, 0.4) is 0 Å². The molecule has 1 aromatic rings. The highest BCUT2D eigenvalue weighted by Crippen LogP contribution is 2.26. The molecular weight excluding hydrogens is 264 g/mol. The number of carbonyl (C=O) groups is 1. The number of nitrogens with zero attached hydrogens (tertiary/aromatic N) is 1. The zero-order valence-corrected chi connectivity index (χ0v) is 13.3. The second kappa shape index (κ2) is 6.92. The lowest BCUT2D eigenvalue weighted by Gasteiger charge is -2.17. The number of hydrogen-bond acceptors (Lipinski definition) is 3. The van der Waals surface area contributed by atoms with Crippen molar-refractivity contribution in [1.29, 1.82) is 0 Å². The topological polar surface area (TPSA) is 62.2 Å². The number of pyridine rings is 1. The maximum atomic E-state index is 11.4. The van der Waals surface area contributed by atoms with Crippen LogP contribution in [-0.4, -0.2) is 22.1 Å². The van der Waals surface area contributed by atoms with Crippen LogP contribution in [0.1, 0.15) is 68.1 Å². The molecule has 2 rings (SSSR count). The van der Waals surface area contributed by atoms with Crippen LogP contribution >= 0.6 is 0 Å². The van der Waals surface area contributed by atoms with Crippen LogP contribution in [0, 0.1) is 5.92 Å². The minimum absolute atomic E-state index is 0.244. The maximum absolute atomic E-state index is 11.4. The molecule has 21 heavy (non-hydrogen) atoms. The number of hydrogen-bond donors (Lipinski definition) is 2. The third-order valence-corrected chi connectivity index (χ3v) is 4.08. The van der Waals surface area contributed by atoms with Crippen LogP contribution in [-0.2, 0) is 12.8 Å². The smallest absolute Gasteiger partial charge is 0.339 e. The van der Waals surface area contributed by atoms with Crippen molar-refractivity contribution in [2.45, 2.75) is 65.3 Å². The van der Waals surface area contributed by atoms with Gasteiger partial charge in [-0.15, -0.1) is 0 Å². The van der Waals surface area contributed by atoms with E-state index in [1.165, 1.54) is 6.42 Å². The van der Waals surface area contributed by atoms with Gasteiger partial charge in [-0.2, -0.15) is 0 Å². The lowest BCUT2D eigenvalue weighted by molar-refractivity contribution is 0.0697. The summed E-state index contributed by atoms with van der Waals surface area (Å²) in [5.41, 5.74) is 2.48. The summed E-state index contributed by atoms with van der Waals surface area (Å²) in [6.07, 6.45) is 6.39. The molecular formula is C17H26N2O2. The molecule has 1 aliphatic rings.